The van der Waals surface area contributed by atoms with Gasteiger partial charge in [0.1, 0.15) is 5.82 Å². The van der Waals surface area contributed by atoms with E-state index in [0.717, 1.165) is 12.1 Å². The summed E-state index contributed by atoms with van der Waals surface area (Å²) in [5, 5.41) is 2.82. The van der Waals surface area contributed by atoms with Gasteiger partial charge in [0.05, 0.1) is 10.8 Å². The second-order valence-electron chi connectivity index (χ2n) is 5.82. The van der Waals surface area contributed by atoms with Crippen LogP contribution >= 0.6 is 0 Å². The normalized spacial score (nSPS) is 20.1. The lowest BCUT2D eigenvalue weighted by Crippen LogP contribution is -2.46. The molecule has 7 heteroatoms. The van der Waals surface area contributed by atoms with Crippen LogP contribution in [-0.2, 0) is 14.8 Å². The molecule has 0 saturated carbocycles. The van der Waals surface area contributed by atoms with Crippen LogP contribution in [0.1, 0.15) is 26.7 Å². The Labute approximate surface area is 130 Å². The third-order valence-corrected chi connectivity index (χ3v) is 5.52. The summed E-state index contributed by atoms with van der Waals surface area (Å²) >= 11 is 0. The van der Waals surface area contributed by atoms with E-state index in [1.54, 1.807) is 0 Å². The molecule has 1 aromatic carbocycles. The standard InChI is InChI=1S/C15H21FN2O3S/c1-11(2)17-15(19)12-4-3-9-18(10-12)22(20,21)14-7-5-13(16)6-8-14/h5-8,11-12H,3-4,9-10H2,1-2H3,(H,17,19). The molecule has 0 radical (unpaired) electrons. The lowest BCUT2D eigenvalue weighted by atomic mass is 9.98. The van der Waals surface area contributed by atoms with Crippen LogP contribution in [0, 0.1) is 11.7 Å². The molecule has 1 atom stereocenters. The van der Waals surface area contributed by atoms with Gasteiger partial charge in [0.2, 0.25) is 15.9 Å². The van der Waals surface area contributed by atoms with Gasteiger partial charge in [0, 0.05) is 19.1 Å². The fraction of sp³-hybridized carbons (Fsp3) is 0.533. The molecule has 1 unspecified atom stereocenters. The van der Waals surface area contributed by atoms with Gasteiger partial charge in [0.25, 0.3) is 0 Å². The summed E-state index contributed by atoms with van der Waals surface area (Å²) in [6.45, 7) is 4.28. The number of hydrogen-bond donors (Lipinski definition) is 1. The minimum atomic E-state index is -3.69. The molecule has 22 heavy (non-hydrogen) atoms. The number of hydrogen-bond acceptors (Lipinski definition) is 3. The van der Waals surface area contributed by atoms with E-state index in [4.69, 9.17) is 0 Å². The lowest BCUT2D eigenvalue weighted by molar-refractivity contribution is -0.126. The van der Waals surface area contributed by atoms with E-state index in [1.807, 2.05) is 13.8 Å². The monoisotopic (exact) mass is 328 g/mol. The first-order valence-corrected chi connectivity index (χ1v) is 8.81. The minimum Gasteiger partial charge on any atom is -0.354 e. The molecule has 122 valence electrons. The molecule has 0 aliphatic carbocycles. The Morgan fingerprint density at radius 2 is 1.95 bits per heavy atom. The molecule has 1 N–H and O–H groups in total. The highest BCUT2D eigenvalue weighted by atomic mass is 32.2. The van der Waals surface area contributed by atoms with E-state index in [-0.39, 0.29) is 29.3 Å². The van der Waals surface area contributed by atoms with Gasteiger partial charge in [-0.3, -0.25) is 4.79 Å². The van der Waals surface area contributed by atoms with E-state index in [2.05, 4.69) is 5.32 Å². The number of piperidine rings is 1. The van der Waals surface area contributed by atoms with Crippen LogP contribution in [0.25, 0.3) is 0 Å². The molecule has 0 aromatic heterocycles. The number of carbonyl (C=O) groups is 1. The summed E-state index contributed by atoms with van der Waals surface area (Å²) < 4.78 is 39.4. The molecule has 1 fully saturated rings. The molecule has 0 spiro atoms. The van der Waals surface area contributed by atoms with Gasteiger partial charge >= 0.3 is 0 Å². The molecule has 1 heterocycles. The zero-order valence-corrected chi connectivity index (χ0v) is 13.6. The average Bonchev–Trinajstić information content (AvgIpc) is 2.47. The van der Waals surface area contributed by atoms with Crippen molar-refractivity contribution in [2.45, 2.75) is 37.6 Å². The molecule has 1 amide bonds. The number of halogens is 1. The first kappa shape index (κ1) is 16.9. The van der Waals surface area contributed by atoms with Crippen molar-refractivity contribution in [3.63, 3.8) is 0 Å². The molecule has 1 aliphatic rings. The fourth-order valence-electron chi connectivity index (χ4n) is 2.53. The second kappa shape index (κ2) is 6.75. The number of benzene rings is 1. The zero-order valence-electron chi connectivity index (χ0n) is 12.8. The van der Waals surface area contributed by atoms with Crippen molar-refractivity contribution >= 4 is 15.9 Å². The summed E-state index contributed by atoms with van der Waals surface area (Å²) in [7, 11) is -3.69. The molecule has 1 aliphatic heterocycles. The molecular weight excluding hydrogens is 307 g/mol. The number of rotatable bonds is 4. The maximum absolute atomic E-state index is 12.9. The number of nitrogens with zero attached hydrogens (tertiary/aromatic N) is 1. The van der Waals surface area contributed by atoms with Gasteiger partial charge in [-0.1, -0.05) is 0 Å². The predicted octanol–water partition coefficient (Wildman–Crippen LogP) is 1.75. The summed E-state index contributed by atoms with van der Waals surface area (Å²) in [6.07, 6.45) is 1.31. The quantitative estimate of drug-likeness (QED) is 0.916. The highest BCUT2D eigenvalue weighted by Gasteiger charge is 2.33. The topological polar surface area (TPSA) is 66.5 Å². The van der Waals surface area contributed by atoms with Gasteiger partial charge in [0.15, 0.2) is 0 Å². The van der Waals surface area contributed by atoms with E-state index < -0.39 is 15.8 Å². The number of nitrogens with one attached hydrogen (secondary N) is 1. The Kier molecular flexibility index (Phi) is 5.18. The minimum absolute atomic E-state index is 0.0246. The fourth-order valence-corrected chi connectivity index (χ4v) is 4.06. The predicted molar refractivity (Wildman–Crippen MR) is 81.2 cm³/mol. The first-order chi connectivity index (χ1) is 10.3. The maximum atomic E-state index is 12.9. The molecule has 5 nitrogen and oxygen atoms in total. The van der Waals surface area contributed by atoms with Crippen molar-refractivity contribution in [2.75, 3.05) is 13.1 Å². The Hall–Kier alpha value is -1.47. The number of sulfonamides is 1. The summed E-state index contributed by atoms with van der Waals surface area (Å²) in [4.78, 5) is 12.1. The Bertz CT molecular complexity index is 629. The summed E-state index contributed by atoms with van der Waals surface area (Å²) in [5.74, 6) is -0.938. The highest BCUT2D eigenvalue weighted by molar-refractivity contribution is 7.89. The largest absolute Gasteiger partial charge is 0.354 e. The Morgan fingerprint density at radius 1 is 1.32 bits per heavy atom. The van der Waals surface area contributed by atoms with Crippen molar-refractivity contribution in [1.29, 1.82) is 0 Å². The Balaban J connectivity index is 2.14. The van der Waals surface area contributed by atoms with Crippen LogP contribution in [0.2, 0.25) is 0 Å². The molecule has 2 rings (SSSR count). The van der Waals surface area contributed by atoms with Crippen LogP contribution < -0.4 is 5.32 Å². The van der Waals surface area contributed by atoms with Gasteiger partial charge < -0.3 is 5.32 Å². The van der Waals surface area contributed by atoms with Gasteiger partial charge in [-0.25, -0.2) is 12.8 Å². The van der Waals surface area contributed by atoms with E-state index in [9.17, 15) is 17.6 Å². The van der Waals surface area contributed by atoms with E-state index in [0.29, 0.717) is 19.4 Å². The number of amides is 1. The third kappa shape index (κ3) is 3.84. The lowest BCUT2D eigenvalue weighted by Gasteiger charge is -2.31. The van der Waals surface area contributed by atoms with Gasteiger partial charge in [-0.15, -0.1) is 0 Å². The van der Waals surface area contributed by atoms with Crippen LogP contribution in [0.3, 0.4) is 0 Å². The van der Waals surface area contributed by atoms with Crippen molar-refractivity contribution in [2.24, 2.45) is 5.92 Å². The second-order valence-corrected chi connectivity index (χ2v) is 7.76. The average molecular weight is 328 g/mol. The van der Waals surface area contributed by atoms with Crippen LogP contribution in [0.5, 0.6) is 0 Å². The van der Waals surface area contributed by atoms with Crippen LogP contribution in [-0.4, -0.2) is 37.8 Å². The van der Waals surface area contributed by atoms with Crippen molar-refractivity contribution in [1.82, 2.24) is 9.62 Å². The smallest absolute Gasteiger partial charge is 0.243 e. The SMILES string of the molecule is CC(C)NC(=O)C1CCCN(S(=O)(=O)c2ccc(F)cc2)C1. The molecular formula is C15H21FN2O3S. The van der Waals surface area contributed by atoms with Gasteiger partial charge in [-0.2, -0.15) is 4.31 Å². The van der Waals surface area contributed by atoms with Crippen molar-refractivity contribution < 1.29 is 17.6 Å². The first-order valence-electron chi connectivity index (χ1n) is 7.37. The molecule has 1 aromatic rings. The Morgan fingerprint density at radius 3 is 2.55 bits per heavy atom. The number of carbonyl (C=O) groups excluding carboxylic acids is 1. The summed E-state index contributed by atoms with van der Waals surface area (Å²) in [5.41, 5.74) is 0. The van der Waals surface area contributed by atoms with Gasteiger partial charge in [-0.05, 0) is 51.0 Å². The zero-order chi connectivity index (χ0) is 16.3. The molecule has 1 saturated heterocycles. The van der Waals surface area contributed by atoms with Crippen molar-refractivity contribution in [3.8, 4) is 0 Å². The van der Waals surface area contributed by atoms with Crippen LogP contribution in [0.15, 0.2) is 29.2 Å². The van der Waals surface area contributed by atoms with E-state index >= 15 is 0 Å². The van der Waals surface area contributed by atoms with E-state index in [1.165, 1.54) is 16.4 Å². The van der Waals surface area contributed by atoms with Crippen LogP contribution in [0.4, 0.5) is 4.39 Å². The van der Waals surface area contributed by atoms with Crippen molar-refractivity contribution in [3.05, 3.63) is 30.1 Å². The maximum Gasteiger partial charge on any atom is 0.243 e. The highest BCUT2D eigenvalue weighted by Crippen LogP contribution is 2.24. The molecule has 0 bridgehead atoms. The summed E-state index contributed by atoms with van der Waals surface area (Å²) in [6, 6.07) is 4.78. The third-order valence-electron chi connectivity index (χ3n) is 3.64.